The summed E-state index contributed by atoms with van der Waals surface area (Å²) in [6.07, 6.45) is 0.769. The lowest BCUT2D eigenvalue weighted by atomic mass is 10.1. The van der Waals surface area contributed by atoms with Crippen LogP contribution in [-0.4, -0.2) is 44.1 Å². The van der Waals surface area contributed by atoms with Crippen molar-refractivity contribution < 1.29 is 30.0 Å². The minimum Gasteiger partial charge on any atom is -0.349 e. The van der Waals surface area contributed by atoms with E-state index in [4.69, 9.17) is 0 Å². The van der Waals surface area contributed by atoms with Crippen molar-refractivity contribution in [1.82, 2.24) is 10.6 Å². The Kier molecular flexibility index (Phi) is 7.66. The highest BCUT2D eigenvalue weighted by Gasteiger charge is 2.23. The molecular formula is C12H24N2O6. The van der Waals surface area contributed by atoms with Gasteiger partial charge in [-0.2, -0.15) is 0 Å². The fourth-order valence-corrected chi connectivity index (χ4v) is 1.32. The molecule has 0 radical (unpaired) electrons. The maximum absolute atomic E-state index is 11.3. The van der Waals surface area contributed by atoms with E-state index in [1.807, 2.05) is 10.6 Å². The molecule has 6 N–H and O–H groups in total. The van der Waals surface area contributed by atoms with Crippen LogP contribution in [0, 0.1) is 0 Å². The summed E-state index contributed by atoms with van der Waals surface area (Å²) >= 11 is 0. The Morgan fingerprint density at radius 3 is 1.35 bits per heavy atom. The van der Waals surface area contributed by atoms with Crippen LogP contribution < -0.4 is 10.6 Å². The van der Waals surface area contributed by atoms with E-state index in [2.05, 4.69) is 0 Å². The van der Waals surface area contributed by atoms with Crippen LogP contribution in [0.5, 0.6) is 0 Å². The lowest BCUT2D eigenvalue weighted by Gasteiger charge is -2.21. The molecule has 2 amide bonds. The Morgan fingerprint density at radius 1 is 0.800 bits per heavy atom. The average Bonchev–Trinajstić information content (AvgIpc) is 2.33. The highest BCUT2D eigenvalue weighted by Crippen LogP contribution is 2.05. The lowest BCUT2D eigenvalue weighted by molar-refractivity contribution is -0.192. The second-order valence-electron chi connectivity index (χ2n) is 4.64. The molecule has 0 saturated heterocycles. The van der Waals surface area contributed by atoms with E-state index < -0.39 is 23.6 Å². The molecule has 0 aromatic carbocycles. The van der Waals surface area contributed by atoms with Crippen molar-refractivity contribution in [2.75, 3.05) is 0 Å². The van der Waals surface area contributed by atoms with E-state index in [1.54, 1.807) is 0 Å². The van der Waals surface area contributed by atoms with E-state index in [9.17, 15) is 30.0 Å². The Hall–Kier alpha value is -1.22. The number of carbonyl (C=O) groups is 2. The monoisotopic (exact) mass is 292 g/mol. The molecular weight excluding hydrogens is 268 g/mol. The molecule has 0 unspecified atom stereocenters. The van der Waals surface area contributed by atoms with E-state index in [0.717, 1.165) is 0 Å². The largest absolute Gasteiger partial charge is 0.349 e. The Bertz CT molecular complexity index is 298. The van der Waals surface area contributed by atoms with Gasteiger partial charge in [-0.3, -0.25) is 9.59 Å². The van der Waals surface area contributed by atoms with Gasteiger partial charge >= 0.3 is 0 Å². The van der Waals surface area contributed by atoms with E-state index in [1.165, 1.54) is 13.8 Å². The molecule has 0 spiro atoms. The van der Waals surface area contributed by atoms with Crippen LogP contribution in [0.25, 0.3) is 0 Å². The first kappa shape index (κ1) is 18.8. The molecule has 0 aliphatic heterocycles. The third-order valence-corrected chi connectivity index (χ3v) is 2.72. The van der Waals surface area contributed by atoms with Gasteiger partial charge in [0.05, 0.1) is 0 Å². The molecule has 0 aromatic heterocycles. The minimum absolute atomic E-state index is 0.0345. The summed E-state index contributed by atoms with van der Waals surface area (Å²) in [6.45, 7) is 3.02. The van der Waals surface area contributed by atoms with Gasteiger partial charge in [0.1, 0.15) is 0 Å². The average molecular weight is 292 g/mol. The van der Waals surface area contributed by atoms with Crippen molar-refractivity contribution in [3.05, 3.63) is 0 Å². The number of aliphatic hydroxyl groups is 4. The summed E-state index contributed by atoms with van der Waals surface area (Å²) < 4.78 is 0. The zero-order valence-corrected chi connectivity index (χ0v) is 11.8. The SMILES string of the molecule is CCC(O)(O)NC(=O)CCCCC(=O)NC(O)(O)CC. The fraction of sp³-hybridized carbons (Fsp3) is 0.833. The third-order valence-electron chi connectivity index (χ3n) is 2.72. The van der Waals surface area contributed by atoms with Crippen LogP contribution in [0.4, 0.5) is 0 Å². The van der Waals surface area contributed by atoms with Crippen molar-refractivity contribution >= 4 is 11.8 Å². The topological polar surface area (TPSA) is 139 Å². The first-order valence-electron chi connectivity index (χ1n) is 6.63. The van der Waals surface area contributed by atoms with Gasteiger partial charge in [-0.25, -0.2) is 0 Å². The second kappa shape index (κ2) is 8.15. The summed E-state index contributed by atoms with van der Waals surface area (Å²) in [5, 5.41) is 40.9. The van der Waals surface area contributed by atoms with Crippen LogP contribution in [0.2, 0.25) is 0 Å². The number of unbranched alkanes of at least 4 members (excludes halogenated alkanes) is 1. The molecule has 20 heavy (non-hydrogen) atoms. The zero-order chi connectivity index (χ0) is 15.8. The van der Waals surface area contributed by atoms with Crippen LogP contribution in [0.1, 0.15) is 52.4 Å². The number of hydrogen-bond donors (Lipinski definition) is 6. The quantitative estimate of drug-likeness (QED) is 0.235. The molecule has 0 aliphatic carbocycles. The highest BCUT2D eigenvalue weighted by molar-refractivity contribution is 5.77. The molecule has 8 heteroatoms. The summed E-state index contributed by atoms with van der Waals surface area (Å²) in [4.78, 5) is 22.7. The lowest BCUT2D eigenvalue weighted by Crippen LogP contribution is -2.48. The predicted octanol–water partition coefficient (Wildman–Crippen LogP) is -1.12. The van der Waals surface area contributed by atoms with Crippen LogP contribution >= 0.6 is 0 Å². The van der Waals surface area contributed by atoms with Gasteiger partial charge in [0, 0.05) is 25.7 Å². The van der Waals surface area contributed by atoms with Gasteiger partial charge < -0.3 is 31.1 Å². The van der Waals surface area contributed by atoms with E-state index in [0.29, 0.717) is 12.8 Å². The van der Waals surface area contributed by atoms with Gasteiger partial charge in [-0.05, 0) is 12.8 Å². The van der Waals surface area contributed by atoms with Crippen molar-refractivity contribution in [2.24, 2.45) is 0 Å². The maximum atomic E-state index is 11.3. The van der Waals surface area contributed by atoms with Gasteiger partial charge in [-0.1, -0.05) is 13.8 Å². The van der Waals surface area contributed by atoms with Gasteiger partial charge in [0.25, 0.3) is 0 Å². The van der Waals surface area contributed by atoms with Crippen LogP contribution in [-0.2, 0) is 9.59 Å². The van der Waals surface area contributed by atoms with Crippen LogP contribution in [0.3, 0.4) is 0 Å². The molecule has 0 rings (SSSR count). The molecule has 8 nitrogen and oxygen atoms in total. The number of hydrogen-bond acceptors (Lipinski definition) is 6. The highest BCUT2D eigenvalue weighted by atomic mass is 16.5. The number of carbonyl (C=O) groups excluding carboxylic acids is 2. The molecule has 0 aliphatic rings. The molecule has 0 saturated carbocycles. The van der Waals surface area contributed by atoms with Crippen molar-refractivity contribution in [1.29, 1.82) is 0 Å². The Morgan fingerprint density at radius 2 is 1.10 bits per heavy atom. The van der Waals surface area contributed by atoms with Gasteiger partial charge in [0.15, 0.2) is 0 Å². The first-order chi connectivity index (χ1) is 9.12. The molecule has 0 aromatic rings. The van der Waals surface area contributed by atoms with Gasteiger partial charge in [0.2, 0.25) is 23.6 Å². The van der Waals surface area contributed by atoms with Crippen molar-refractivity contribution in [2.45, 2.75) is 64.2 Å². The Labute approximate surface area is 117 Å². The zero-order valence-electron chi connectivity index (χ0n) is 11.8. The minimum atomic E-state index is -2.21. The second-order valence-corrected chi connectivity index (χ2v) is 4.64. The van der Waals surface area contributed by atoms with E-state index >= 15 is 0 Å². The van der Waals surface area contributed by atoms with E-state index in [-0.39, 0.29) is 25.7 Å². The maximum Gasteiger partial charge on any atom is 0.246 e. The predicted molar refractivity (Wildman–Crippen MR) is 69.7 cm³/mol. The molecule has 0 atom stereocenters. The molecule has 118 valence electrons. The molecule has 0 heterocycles. The summed E-state index contributed by atoms with van der Waals surface area (Å²) in [7, 11) is 0. The van der Waals surface area contributed by atoms with Crippen molar-refractivity contribution in [3.63, 3.8) is 0 Å². The number of amides is 2. The molecule has 0 fully saturated rings. The number of rotatable bonds is 9. The Balaban J connectivity index is 3.82. The van der Waals surface area contributed by atoms with Crippen LogP contribution in [0.15, 0.2) is 0 Å². The first-order valence-corrected chi connectivity index (χ1v) is 6.63. The fourth-order valence-electron chi connectivity index (χ4n) is 1.32. The molecule has 0 bridgehead atoms. The summed E-state index contributed by atoms with van der Waals surface area (Å²) in [5.74, 6) is -5.46. The summed E-state index contributed by atoms with van der Waals surface area (Å²) in [5.41, 5.74) is 0. The number of nitrogens with one attached hydrogen (secondary N) is 2. The third kappa shape index (κ3) is 8.81. The summed E-state index contributed by atoms with van der Waals surface area (Å²) in [6, 6.07) is 0. The van der Waals surface area contributed by atoms with Gasteiger partial charge in [-0.15, -0.1) is 0 Å². The normalized spacial score (nSPS) is 12.1. The smallest absolute Gasteiger partial charge is 0.246 e. The standard InChI is InChI=1S/C12H24N2O6/c1-3-11(17,18)13-9(15)7-5-6-8-10(16)14-12(19,20)4-2/h17-20H,3-8H2,1-2H3,(H,13,15)(H,14,16). The van der Waals surface area contributed by atoms with Crippen molar-refractivity contribution in [3.8, 4) is 0 Å².